The maximum Gasteiger partial charge on any atom is 0.128 e. The molecule has 0 saturated heterocycles. The highest BCUT2D eigenvalue weighted by Crippen LogP contribution is 2.38. The zero-order valence-corrected chi connectivity index (χ0v) is 9.20. The lowest BCUT2D eigenvalue weighted by Crippen LogP contribution is -2.30. The van der Waals surface area contributed by atoms with Crippen LogP contribution in [0, 0.1) is 5.82 Å². The van der Waals surface area contributed by atoms with Gasteiger partial charge in [-0.3, -0.25) is 0 Å². The van der Waals surface area contributed by atoms with Gasteiger partial charge in [-0.2, -0.15) is 0 Å². The summed E-state index contributed by atoms with van der Waals surface area (Å²) in [6.45, 7) is 5.77. The molecule has 15 heavy (non-hydrogen) atoms. The van der Waals surface area contributed by atoms with Crippen LogP contribution in [0.15, 0.2) is 18.2 Å². The average molecular weight is 208 g/mol. The van der Waals surface area contributed by atoms with Crippen LogP contribution in [-0.4, -0.2) is 19.1 Å². The molecule has 0 bridgehead atoms. The van der Waals surface area contributed by atoms with Crippen LogP contribution >= 0.6 is 0 Å². The predicted molar refractivity (Wildman–Crippen MR) is 60.7 cm³/mol. The third-order valence-electron chi connectivity index (χ3n) is 3.17. The molecule has 82 valence electrons. The Kier molecular flexibility index (Phi) is 2.65. The van der Waals surface area contributed by atoms with E-state index in [0.29, 0.717) is 0 Å². The van der Waals surface area contributed by atoms with Crippen molar-refractivity contribution in [2.75, 3.05) is 18.0 Å². The molecule has 1 aliphatic heterocycles. The second kappa shape index (κ2) is 3.81. The first-order chi connectivity index (χ1) is 7.15. The van der Waals surface area contributed by atoms with Gasteiger partial charge in [0.05, 0.1) is 0 Å². The van der Waals surface area contributed by atoms with Crippen molar-refractivity contribution in [3.63, 3.8) is 0 Å². The number of nitrogens with two attached hydrogens (primary N) is 1. The molecule has 1 aromatic carbocycles. The van der Waals surface area contributed by atoms with Crippen molar-refractivity contribution >= 4 is 5.69 Å². The van der Waals surface area contributed by atoms with E-state index < -0.39 is 0 Å². The van der Waals surface area contributed by atoms with Crippen molar-refractivity contribution in [2.24, 2.45) is 5.73 Å². The molecule has 0 spiro atoms. The normalized spacial score (nSPS) is 21.6. The summed E-state index contributed by atoms with van der Waals surface area (Å²) in [6.07, 6.45) is 0. The minimum absolute atomic E-state index is 0.00259. The Morgan fingerprint density at radius 2 is 2.33 bits per heavy atom. The molecule has 0 radical (unpaired) electrons. The van der Waals surface area contributed by atoms with E-state index in [4.69, 9.17) is 5.73 Å². The van der Waals surface area contributed by atoms with Gasteiger partial charge in [-0.1, -0.05) is 6.07 Å². The molecule has 0 fully saturated rings. The van der Waals surface area contributed by atoms with Crippen molar-refractivity contribution in [2.45, 2.75) is 25.8 Å². The zero-order valence-electron chi connectivity index (χ0n) is 9.20. The van der Waals surface area contributed by atoms with Gasteiger partial charge < -0.3 is 10.6 Å². The van der Waals surface area contributed by atoms with E-state index in [2.05, 4.69) is 11.8 Å². The van der Waals surface area contributed by atoms with E-state index in [1.165, 1.54) is 6.07 Å². The Labute approximate surface area is 89.9 Å². The number of nitrogens with zero attached hydrogens (tertiary/aromatic N) is 1. The Morgan fingerprint density at radius 3 is 2.93 bits per heavy atom. The number of anilines is 1. The fourth-order valence-corrected chi connectivity index (χ4v) is 2.32. The molecule has 3 heteroatoms. The molecule has 2 N–H and O–H groups in total. The Bertz CT molecular complexity index is 363. The van der Waals surface area contributed by atoms with Crippen LogP contribution in [0.1, 0.15) is 25.3 Å². The molecule has 2 unspecified atom stereocenters. The molecule has 1 aliphatic rings. The topological polar surface area (TPSA) is 29.3 Å². The average Bonchev–Trinajstić information content (AvgIpc) is 2.58. The molecule has 1 aromatic rings. The molecule has 2 atom stereocenters. The molecular formula is C12H17FN2. The molecule has 0 amide bonds. The Balaban J connectivity index is 2.48. The van der Waals surface area contributed by atoms with Gasteiger partial charge in [0.2, 0.25) is 0 Å². The molecule has 2 rings (SSSR count). The van der Waals surface area contributed by atoms with E-state index >= 15 is 0 Å². The van der Waals surface area contributed by atoms with Gasteiger partial charge in [0.25, 0.3) is 0 Å². The van der Waals surface area contributed by atoms with Gasteiger partial charge in [0.1, 0.15) is 5.82 Å². The number of fused-ring (bicyclic) bond motifs is 1. The van der Waals surface area contributed by atoms with Gasteiger partial charge in [-0.15, -0.1) is 0 Å². The summed E-state index contributed by atoms with van der Waals surface area (Å²) in [6, 6.07) is 5.26. The van der Waals surface area contributed by atoms with Crippen LogP contribution in [0.2, 0.25) is 0 Å². The van der Waals surface area contributed by atoms with Crippen molar-refractivity contribution in [1.82, 2.24) is 0 Å². The SMILES string of the molecule is CCN1CC(C(C)N)c2c(F)cccc21. The molecule has 2 nitrogen and oxygen atoms in total. The highest BCUT2D eigenvalue weighted by molar-refractivity contribution is 5.61. The lowest BCUT2D eigenvalue weighted by molar-refractivity contribution is 0.545. The summed E-state index contributed by atoms with van der Waals surface area (Å²) in [5.41, 5.74) is 7.72. The van der Waals surface area contributed by atoms with E-state index in [1.807, 2.05) is 13.0 Å². The largest absolute Gasteiger partial charge is 0.371 e. The minimum Gasteiger partial charge on any atom is -0.371 e. The van der Waals surface area contributed by atoms with E-state index in [-0.39, 0.29) is 17.8 Å². The van der Waals surface area contributed by atoms with Gasteiger partial charge >= 0.3 is 0 Å². The third kappa shape index (κ3) is 1.61. The summed E-state index contributed by atoms with van der Waals surface area (Å²) < 4.78 is 13.7. The summed E-state index contributed by atoms with van der Waals surface area (Å²) in [5.74, 6) is 0.00639. The van der Waals surface area contributed by atoms with Gasteiger partial charge in [0, 0.05) is 36.3 Å². The van der Waals surface area contributed by atoms with E-state index in [1.54, 1.807) is 6.07 Å². The second-order valence-electron chi connectivity index (χ2n) is 4.18. The van der Waals surface area contributed by atoms with Crippen molar-refractivity contribution in [1.29, 1.82) is 0 Å². The van der Waals surface area contributed by atoms with Crippen LogP contribution in [0.3, 0.4) is 0 Å². The van der Waals surface area contributed by atoms with Crippen molar-refractivity contribution in [3.8, 4) is 0 Å². The standard InChI is InChI=1S/C12H17FN2/c1-3-15-7-9(8(2)14)12-10(13)5-4-6-11(12)15/h4-6,8-9H,3,7,14H2,1-2H3. The maximum absolute atomic E-state index is 13.7. The smallest absolute Gasteiger partial charge is 0.128 e. The first-order valence-electron chi connectivity index (χ1n) is 5.44. The fraction of sp³-hybridized carbons (Fsp3) is 0.500. The maximum atomic E-state index is 13.7. The summed E-state index contributed by atoms with van der Waals surface area (Å²) in [7, 11) is 0. The number of hydrogen-bond donors (Lipinski definition) is 1. The number of benzene rings is 1. The summed E-state index contributed by atoms with van der Waals surface area (Å²) in [4.78, 5) is 2.19. The van der Waals surface area contributed by atoms with Crippen LogP contribution in [0.5, 0.6) is 0 Å². The molecule has 0 aromatic heterocycles. The van der Waals surface area contributed by atoms with E-state index in [0.717, 1.165) is 24.3 Å². The van der Waals surface area contributed by atoms with Crippen LogP contribution in [0.4, 0.5) is 10.1 Å². The summed E-state index contributed by atoms with van der Waals surface area (Å²) in [5, 5.41) is 0. The summed E-state index contributed by atoms with van der Waals surface area (Å²) >= 11 is 0. The second-order valence-corrected chi connectivity index (χ2v) is 4.18. The molecule has 0 aliphatic carbocycles. The van der Waals surface area contributed by atoms with Crippen LogP contribution in [0.25, 0.3) is 0 Å². The first-order valence-corrected chi connectivity index (χ1v) is 5.44. The molecule has 1 heterocycles. The van der Waals surface area contributed by atoms with Crippen molar-refractivity contribution in [3.05, 3.63) is 29.6 Å². The van der Waals surface area contributed by atoms with Gasteiger partial charge in [-0.05, 0) is 26.0 Å². The van der Waals surface area contributed by atoms with Crippen LogP contribution in [-0.2, 0) is 0 Å². The fourth-order valence-electron chi connectivity index (χ4n) is 2.32. The highest BCUT2D eigenvalue weighted by atomic mass is 19.1. The van der Waals surface area contributed by atoms with Crippen molar-refractivity contribution < 1.29 is 4.39 Å². The van der Waals surface area contributed by atoms with Crippen LogP contribution < -0.4 is 10.6 Å². The lowest BCUT2D eigenvalue weighted by Gasteiger charge is -2.18. The Morgan fingerprint density at radius 1 is 1.60 bits per heavy atom. The van der Waals surface area contributed by atoms with E-state index in [9.17, 15) is 4.39 Å². The monoisotopic (exact) mass is 208 g/mol. The third-order valence-corrected chi connectivity index (χ3v) is 3.17. The Hall–Kier alpha value is -1.09. The number of halogens is 1. The minimum atomic E-state index is -0.120. The quantitative estimate of drug-likeness (QED) is 0.806. The first kappa shape index (κ1) is 10.4. The molecular weight excluding hydrogens is 191 g/mol. The predicted octanol–water partition coefficient (Wildman–Crippen LogP) is 2.10. The number of hydrogen-bond acceptors (Lipinski definition) is 2. The highest BCUT2D eigenvalue weighted by Gasteiger charge is 2.32. The molecule has 0 saturated carbocycles. The van der Waals surface area contributed by atoms with Gasteiger partial charge in [-0.25, -0.2) is 4.39 Å². The van der Waals surface area contributed by atoms with Gasteiger partial charge in [0.15, 0.2) is 0 Å². The number of likely N-dealkylation sites (N-methyl/N-ethyl adjacent to an activating group) is 1. The lowest BCUT2D eigenvalue weighted by atomic mass is 9.95. The zero-order chi connectivity index (χ0) is 11.0. The number of rotatable bonds is 2.